The van der Waals surface area contributed by atoms with E-state index in [2.05, 4.69) is 10.1 Å². The monoisotopic (exact) mass is 460 g/mol. The Morgan fingerprint density at radius 3 is 2.58 bits per heavy atom. The molecule has 0 unspecified atom stereocenters. The molecular formula is C21H17ClN2O6S. The second-order valence-electron chi connectivity index (χ2n) is 6.26. The van der Waals surface area contributed by atoms with Crippen LogP contribution in [0, 0.1) is 0 Å². The van der Waals surface area contributed by atoms with Gasteiger partial charge < -0.3 is 14.8 Å². The van der Waals surface area contributed by atoms with Crippen LogP contribution in [0.1, 0.15) is 5.56 Å². The molecule has 0 spiro atoms. The Bertz CT molecular complexity index is 1050. The first kappa shape index (κ1) is 22.4. The molecule has 0 aliphatic carbocycles. The Morgan fingerprint density at radius 1 is 1.16 bits per heavy atom. The van der Waals surface area contributed by atoms with E-state index in [-0.39, 0.29) is 11.5 Å². The molecule has 3 rings (SSSR count). The molecule has 31 heavy (non-hydrogen) atoms. The van der Waals surface area contributed by atoms with Gasteiger partial charge >= 0.3 is 5.97 Å². The van der Waals surface area contributed by atoms with Crippen LogP contribution in [0.2, 0.25) is 5.02 Å². The number of rotatable bonds is 7. The molecule has 3 amide bonds. The van der Waals surface area contributed by atoms with Crippen LogP contribution in [0.3, 0.4) is 0 Å². The Labute approximate surface area is 187 Å². The number of imide groups is 1. The first-order valence-corrected chi connectivity index (χ1v) is 10.2. The minimum Gasteiger partial charge on any atom is -0.482 e. The van der Waals surface area contributed by atoms with Gasteiger partial charge in [0.15, 0.2) is 6.61 Å². The number of anilines is 1. The predicted molar refractivity (Wildman–Crippen MR) is 117 cm³/mol. The molecule has 2 aromatic rings. The van der Waals surface area contributed by atoms with Crippen molar-refractivity contribution in [1.29, 1.82) is 0 Å². The molecule has 0 saturated carbocycles. The third-order valence-corrected chi connectivity index (χ3v) is 5.19. The van der Waals surface area contributed by atoms with E-state index in [1.807, 2.05) is 0 Å². The molecule has 0 radical (unpaired) electrons. The van der Waals surface area contributed by atoms with Crippen molar-refractivity contribution in [1.82, 2.24) is 4.90 Å². The second-order valence-corrected chi connectivity index (χ2v) is 7.69. The first-order valence-electron chi connectivity index (χ1n) is 8.96. The fraction of sp³-hybridized carbons (Fsp3) is 0.143. The molecule has 0 aromatic heterocycles. The largest absolute Gasteiger partial charge is 0.482 e. The van der Waals surface area contributed by atoms with Crippen molar-refractivity contribution < 1.29 is 28.7 Å². The van der Waals surface area contributed by atoms with Gasteiger partial charge in [0.1, 0.15) is 12.3 Å². The molecule has 1 fully saturated rings. The highest BCUT2D eigenvalue weighted by molar-refractivity contribution is 8.18. The quantitative estimate of drug-likeness (QED) is 0.497. The molecular weight excluding hydrogens is 444 g/mol. The van der Waals surface area contributed by atoms with Crippen molar-refractivity contribution in [3.63, 3.8) is 0 Å². The zero-order chi connectivity index (χ0) is 22.4. The van der Waals surface area contributed by atoms with Crippen LogP contribution in [-0.4, -0.2) is 48.2 Å². The average molecular weight is 461 g/mol. The second kappa shape index (κ2) is 10.1. The average Bonchev–Trinajstić information content (AvgIpc) is 3.00. The van der Waals surface area contributed by atoms with Gasteiger partial charge in [-0.15, -0.1) is 0 Å². The topological polar surface area (TPSA) is 102 Å². The number of thioether (sulfide) groups is 1. The summed E-state index contributed by atoms with van der Waals surface area (Å²) in [6.07, 6.45) is 1.55. The molecule has 160 valence electrons. The van der Waals surface area contributed by atoms with Gasteiger partial charge in [-0.2, -0.15) is 0 Å². The van der Waals surface area contributed by atoms with Crippen LogP contribution >= 0.6 is 23.4 Å². The standard InChI is InChI=1S/C21H17ClN2O6S/c1-29-19(26)12-30-16-7-5-13(6-8-16)9-17-20(27)24(21(28)31-17)11-18(25)23-15-4-2-3-14(22)10-15/h2-10H,11-12H2,1H3,(H,23,25)/b17-9-. The maximum atomic E-state index is 12.6. The van der Waals surface area contributed by atoms with Crippen molar-refractivity contribution in [2.75, 3.05) is 25.6 Å². The van der Waals surface area contributed by atoms with Gasteiger partial charge in [-0.3, -0.25) is 19.3 Å². The molecule has 1 N–H and O–H groups in total. The van der Waals surface area contributed by atoms with Crippen molar-refractivity contribution in [3.8, 4) is 5.75 Å². The smallest absolute Gasteiger partial charge is 0.343 e. The number of hydrogen-bond donors (Lipinski definition) is 1. The van der Waals surface area contributed by atoms with Gasteiger partial charge in [-0.25, -0.2) is 4.79 Å². The van der Waals surface area contributed by atoms with Crippen molar-refractivity contribution >= 4 is 58.1 Å². The summed E-state index contributed by atoms with van der Waals surface area (Å²) in [5, 5.41) is 2.52. The number of benzene rings is 2. The normalized spacial score (nSPS) is 14.6. The number of hydrogen-bond acceptors (Lipinski definition) is 7. The lowest BCUT2D eigenvalue weighted by molar-refractivity contribution is -0.142. The third kappa shape index (κ3) is 6.09. The molecule has 8 nitrogen and oxygen atoms in total. The van der Waals surface area contributed by atoms with Crippen LogP contribution in [0.5, 0.6) is 5.75 Å². The number of esters is 1. The highest BCUT2D eigenvalue weighted by atomic mass is 35.5. The molecule has 0 atom stereocenters. The van der Waals surface area contributed by atoms with E-state index in [4.69, 9.17) is 16.3 Å². The molecule has 2 aromatic carbocycles. The third-order valence-electron chi connectivity index (χ3n) is 4.05. The van der Waals surface area contributed by atoms with E-state index in [0.29, 0.717) is 22.0 Å². The van der Waals surface area contributed by atoms with Crippen LogP contribution in [0.4, 0.5) is 10.5 Å². The number of nitrogens with zero attached hydrogens (tertiary/aromatic N) is 1. The lowest BCUT2D eigenvalue weighted by Gasteiger charge is -2.12. The highest BCUT2D eigenvalue weighted by Gasteiger charge is 2.36. The highest BCUT2D eigenvalue weighted by Crippen LogP contribution is 2.32. The summed E-state index contributed by atoms with van der Waals surface area (Å²) in [4.78, 5) is 49.2. The minimum absolute atomic E-state index is 0.198. The summed E-state index contributed by atoms with van der Waals surface area (Å²) in [6, 6.07) is 13.1. The van der Waals surface area contributed by atoms with Crippen molar-refractivity contribution in [3.05, 3.63) is 64.0 Å². The number of amides is 3. The number of ether oxygens (including phenoxy) is 2. The van der Waals surface area contributed by atoms with Crippen LogP contribution < -0.4 is 10.1 Å². The number of nitrogens with one attached hydrogen (secondary N) is 1. The summed E-state index contributed by atoms with van der Waals surface area (Å²) in [5.41, 5.74) is 1.12. The van der Waals surface area contributed by atoms with Crippen LogP contribution in [0.15, 0.2) is 53.4 Å². The Balaban J connectivity index is 1.62. The summed E-state index contributed by atoms with van der Waals surface area (Å²) >= 11 is 6.63. The molecule has 0 bridgehead atoms. The summed E-state index contributed by atoms with van der Waals surface area (Å²) in [7, 11) is 1.27. The Morgan fingerprint density at radius 2 is 1.90 bits per heavy atom. The minimum atomic E-state index is -0.553. The fourth-order valence-electron chi connectivity index (χ4n) is 2.56. The maximum absolute atomic E-state index is 12.6. The molecule has 1 aliphatic heterocycles. The number of carbonyl (C=O) groups excluding carboxylic acids is 4. The zero-order valence-electron chi connectivity index (χ0n) is 16.3. The van der Waals surface area contributed by atoms with Crippen molar-refractivity contribution in [2.24, 2.45) is 0 Å². The maximum Gasteiger partial charge on any atom is 0.343 e. The summed E-state index contributed by atoms with van der Waals surface area (Å²) < 4.78 is 9.75. The van der Waals surface area contributed by atoms with Gasteiger partial charge in [0.05, 0.1) is 12.0 Å². The lowest BCUT2D eigenvalue weighted by atomic mass is 10.2. The molecule has 1 saturated heterocycles. The predicted octanol–water partition coefficient (Wildman–Crippen LogP) is 3.57. The first-order chi connectivity index (χ1) is 14.9. The molecule has 1 heterocycles. The van der Waals surface area contributed by atoms with E-state index < -0.39 is 29.6 Å². The fourth-order valence-corrected chi connectivity index (χ4v) is 3.59. The Hall–Kier alpha value is -3.30. The van der Waals surface area contributed by atoms with Crippen LogP contribution in [-0.2, 0) is 19.1 Å². The van der Waals surface area contributed by atoms with Crippen molar-refractivity contribution in [2.45, 2.75) is 0 Å². The number of halogens is 1. The van der Waals surface area contributed by atoms with E-state index >= 15 is 0 Å². The summed E-state index contributed by atoms with van der Waals surface area (Å²) in [6.45, 7) is -0.624. The van der Waals surface area contributed by atoms with E-state index in [9.17, 15) is 19.2 Å². The van der Waals surface area contributed by atoms with Gasteiger partial charge in [-0.05, 0) is 53.7 Å². The molecule has 1 aliphatic rings. The van der Waals surface area contributed by atoms with Gasteiger partial charge in [-0.1, -0.05) is 29.8 Å². The van der Waals surface area contributed by atoms with E-state index in [1.165, 1.54) is 7.11 Å². The SMILES string of the molecule is COC(=O)COc1ccc(/C=C2\SC(=O)N(CC(=O)Nc3cccc(Cl)c3)C2=O)cc1. The number of methoxy groups -OCH3 is 1. The van der Waals surface area contributed by atoms with Gasteiger partial charge in [0.2, 0.25) is 5.91 Å². The number of carbonyl (C=O) groups is 4. The molecule has 10 heteroatoms. The lowest BCUT2D eigenvalue weighted by Crippen LogP contribution is -2.36. The zero-order valence-corrected chi connectivity index (χ0v) is 17.9. The van der Waals surface area contributed by atoms with Gasteiger partial charge in [0, 0.05) is 10.7 Å². The van der Waals surface area contributed by atoms with E-state index in [0.717, 1.165) is 16.7 Å². The van der Waals surface area contributed by atoms with Gasteiger partial charge in [0.25, 0.3) is 11.1 Å². The van der Waals surface area contributed by atoms with E-state index in [1.54, 1.807) is 54.6 Å². The summed E-state index contributed by atoms with van der Waals surface area (Å²) in [5.74, 6) is -1.12. The Kier molecular flexibility index (Phi) is 7.32. The van der Waals surface area contributed by atoms with Crippen LogP contribution in [0.25, 0.3) is 6.08 Å².